The maximum Gasteiger partial charge on any atom is 0.253 e. The summed E-state index contributed by atoms with van der Waals surface area (Å²) in [5.41, 5.74) is 5.67. The van der Waals surface area contributed by atoms with Gasteiger partial charge >= 0.3 is 0 Å². The van der Waals surface area contributed by atoms with E-state index in [0.717, 1.165) is 11.4 Å². The molecule has 0 aromatic heterocycles. The second-order valence-corrected chi connectivity index (χ2v) is 3.56. The predicted octanol–water partition coefficient (Wildman–Crippen LogP) is -1.33. The number of amides is 2. The lowest BCUT2D eigenvalue weighted by Gasteiger charge is -2.13. The van der Waals surface area contributed by atoms with Crippen molar-refractivity contribution in [1.82, 2.24) is 15.8 Å². The second kappa shape index (κ2) is 8.76. The molecule has 0 saturated carbocycles. The number of hydrazine groups is 1. The molecule has 7 heteroatoms. The zero-order valence-electron chi connectivity index (χ0n) is 10.5. The fourth-order valence-electron chi connectivity index (χ4n) is 1.38. The Labute approximate surface area is 106 Å². The molecule has 0 atom stereocenters. The summed E-state index contributed by atoms with van der Waals surface area (Å²) in [6.07, 6.45) is 2.53. The number of nitrogens with one attached hydrogen (secondary N) is 2. The summed E-state index contributed by atoms with van der Waals surface area (Å²) in [4.78, 5) is 23.5. The van der Waals surface area contributed by atoms with Gasteiger partial charge in [-0.15, -0.1) is 0 Å². The van der Waals surface area contributed by atoms with E-state index in [4.69, 9.17) is 9.47 Å². The van der Waals surface area contributed by atoms with Crippen molar-refractivity contribution in [2.24, 2.45) is 0 Å². The van der Waals surface area contributed by atoms with E-state index in [1.54, 1.807) is 7.05 Å². The number of rotatable bonds is 10. The Morgan fingerprint density at radius 1 is 1.06 bits per heavy atom. The van der Waals surface area contributed by atoms with Gasteiger partial charge in [0.05, 0.1) is 33.0 Å². The lowest BCUT2D eigenvalue weighted by molar-refractivity contribution is -0.137. The van der Waals surface area contributed by atoms with Crippen molar-refractivity contribution in [3.63, 3.8) is 0 Å². The normalized spacial score (nSPS) is 14.8. The molecule has 1 heterocycles. The largest absolute Gasteiger partial charge is 0.378 e. The Morgan fingerprint density at radius 2 is 1.67 bits per heavy atom. The molecule has 0 unspecified atom stereocenters. The predicted molar refractivity (Wildman–Crippen MR) is 64.6 cm³/mol. The molecule has 1 rings (SSSR count). The number of carbonyl (C=O) groups excluding carboxylic acids is 2. The molecule has 18 heavy (non-hydrogen) atoms. The van der Waals surface area contributed by atoms with Crippen LogP contribution < -0.4 is 10.9 Å². The Morgan fingerprint density at radius 3 is 2.28 bits per heavy atom. The van der Waals surface area contributed by atoms with Gasteiger partial charge in [0, 0.05) is 18.7 Å². The van der Waals surface area contributed by atoms with Crippen LogP contribution in [0.25, 0.3) is 0 Å². The summed E-state index contributed by atoms with van der Waals surface area (Å²) in [6, 6.07) is 0. The van der Waals surface area contributed by atoms with Crippen LogP contribution in [0, 0.1) is 0 Å². The molecule has 0 fully saturated rings. The third-order valence-electron chi connectivity index (χ3n) is 2.28. The lowest BCUT2D eigenvalue weighted by atomic mass is 10.5. The Balaban J connectivity index is 1.90. The summed E-state index contributed by atoms with van der Waals surface area (Å²) >= 11 is 0. The van der Waals surface area contributed by atoms with Crippen LogP contribution in [-0.4, -0.2) is 63.3 Å². The minimum absolute atomic E-state index is 0.280. The van der Waals surface area contributed by atoms with Crippen LogP contribution >= 0.6 is 0 Å². The van der Waals surface area contributed by atoms with Gasteiger partial charge in [-0.2, -0.15) is 0 Å². The van der Waals surface area contributed by atoms with Gasteiger partial charge in [0.25, 0.3) is 11.8 Å². The van der Waals surface area contributed by atoms with Gasteiger partial charge in [-0.3, -0.25) is 25.3 Å². The standard InChI is InChI=1S/C11H19N3O4/c1-12-13-4-6-17-8-9-18-7-5-14-10(15)2-3-11(14)16/h2-3,12-13H,4-9H2,1H3. The summed E-state index contributed by atoms with van der Waals surface area (Å²) in [7, 11) is 1.79. The van der Waals surface area contributed by atoms with Crippen LogP contribution in [0.4, 0.5) is 0 Å². The maximum absolute atomic E-state index is 11.2. The fraction of sp³-hybridized carbons (Fsp3) is 0.636. The highest BCUT2D eigenvalue weighted by atomic mass is 16.5. The van der Waals surface area contributed by atoms with Crippen molar-refractivity contribution in [1.29, 1.82) is 0 Å². The topological polar surface area (TPSA) is 79.9 Å². The number of hydrogen-bond donors (Lipinski definition) is 2. The van der Waals surface area contributed by atoms with Crippen LogP contribution in [0.2, 0.25) is 0 Å². The third-order valence-corrected chi connectivity index (χ3v) is 2.28. The Hall–Kier alpha value is -1.28. The molecule has 0 saturated heterocycles. The zero-order chi connectivity index (χ0) is 13.2. The van der Waals surface area contributed by atoms with E-state index in [1.807, 2.05) is 0 Å². The number of ether oxygens (including phenoxy) is 2. The Bertz CT molecular complexity index is 289. The molecule has 0 radical (unpaired) electrons. The monoisotopic (exact) mass is 257 g/mol. The highest BCUT2D eigenvalue weighted by Crippen LogP contribution is 2.02. The van der Waals surface area contributed by atoms with Crippen molar-refractivity contribution < 1.29 is 19.1 Å². The summed E-state index contributed by atoms with van der Waals surface area (Å²) in [5, 5.41) is 0. The third kappa shape index (κ3) is 5.37. The van der Waals surface area contributed by atoms with Gasteiger partial charge in [-0.25, -0.2) is 0 Å². The summed E-state index contributed by atoms with van der Waals surface area (Å²) in [6.45, 7) is 2.87. The van der Waals surface area contributed by atoms with Crippen LogP contribution in [0.3, 0.4) is 0 Å². The van der Waals surface area contributed by atoms with Crippen molar-refractivity contribution in [3.05, 3.63) is 12.2 Å². The number of carbonyl (C=O) groups is 2. The van der Waals surface area contributed by atoms with E-state index in [-0.39, 0.29) is 18.4 Å². The molecule has 102 valence electrons. The summed E-state index contributed by atoms with van der Waals surface area (Å²) < 4.78 is 10.5. The summed E-state index contributed by atoms with van der Waals surface area (Å²) in [5.74, 6) is -0.559. The molecule has 7 nitrogen and oxygen atoms in total. The van der Waals surface area contributed by atoms with Gasteiger partial charge in [-0.1, -0.05) is 0 Å². The zero-order valence-corrected chi connectivity index (χ0v) is 10.5. The number of nitrogens with zero attached hydrogens (tertiary/aromatic N) is 1. The van der Waals surface area contributed by atoms with Crippen LogP contribution in [-0.2, 0) is 19.1 Å². The molecule has 1 aliphatic rings. The average molecular weight is 257 g/mol. The Kier molecular flexibility index (Phi) is 7.19. The van der Waals surface area contributed by atoms with Gasteiger partial charge in [0.1, 0.15) is 0 Å². The second-order valence-electron chi connectivity index (χ2n) is 3.56. The van der Waals surface area contributed by atoms with E-state index in [1.165, 1.54) is 12.2 Å². The van der Waals surface area contributed by atoms with E-state index < -0.39 is 0 Å². The van der Waals surface area contributed by atoms with E-state index in [2.05, 4.69) is 10.9 Å². The molecular formula is C11H19N3O4. The van der Waals surface area contributed by atoms with Crippen LogP contribution in [0.5, 0.6) is 0 Å². The highest BCUT2D eigenvalue weighted by molar-refractivity contribution is 6.12. The van der Waals surface area contributed by atoms with Gasteiger partial charge in [0.2, 0.25) is 0 Å². The smallest absolute Gasteiger partial charge is 0.253 e. The molecule has 1 aliphatic heterocycles. The number of imide groups is 1. The molecule has 0 bridgehead atoms. The minimum Gasteiger partial charge on any atom is -0.378 e. The average Bonchev–Trinajstić information content (AvgIpc) is 2.68. The van der Waals surface area contributed by atoms with Crippen molar-refractivity contribution >= 4 is 11.8 Å². The van der Waals surface area contributed by atoms with Gasteiger partial charge in [-0.05, 0) is 7.05 Å². The molecule has 2 amide bonds. The quantitative estimate of drug-likeness (QED) is 0.287. The minimum atomic E-state index is -0.280. The molecule has 0 aromatic rings. The van der Waals surface area contributed by atoms with Crippen LogP contribution in [0.15, 0.2) is 12.2 Å². The van der Waals surface area contributed by atoms with Crippen molar-refractivity contribution in [3.8, 4) is 0 Å². The molecule has 0 aliphatic carbocycles. The van der Waals surface area contributed by atoms with E-state index in [9.17, 15) is 9.59 Å². The van der Waals surface area contributed by atoms with Gasteiger partial charge < -0.3 is 9.47 Å². The molecule has 2 N–H and O–H groups in total. The fourth-order valence-corrected chi connectivity index (χ4v) is 1.38. The highest BCUT2D eigenvalue weighted by Gasteiger charge is 2.22. The SMILES string of the molecule is CNNCCOCCOCCN1C(=O)C=CC1=O. The molecule has 0 spiro atoms. The van der Waals surface area contributed by atoms with Gasteiger partial charge in [0.15, 0.2) is 0 Å². The van der Waals surface area contributed by atoms with Crippen molar-refractivity contribution in [2.45, 2.75) is 0 Å². The number of hydrogen-bond acceptors (Lipinski definition) is 6. The first-order valence-corrected chi connectivity index (χ1v) is 5.84. The van der Waals surface area contributed by atoms with Crippen molar-refractivity contribution in [2.75, 3.05) is 46.6 Å². The molecular weight excluding hydrogens is 238 g/mol. The molecule has 0 aromatic carbocycles. The lowest BCUT2D eigenvalue weighted by Crippen LogP contribution is -2.33. The first-order chi connectivity index (χ1) is 8.75. The maximum atomic E-state index is 11.2. The van der Waals surface area contributed by atoms with E-state index in [0.29, 0.717) is 26.4 Å². The first kappa shape index (κ1) is 14.8. The first-order valence-electron chi connectivity index (χ1n) is 5.84. The van der Waals surface area contributed by atoms with E-state index >= 15 is 0 Å². The van der Waals surface area contributed by atoms with Crippen LogP contribution in [0.1, 0.15) is 0 Å².